The van der Waals surface area contributed by atoms with Crippen molar-refractivity contribution in [1.82, 2.24) is 4.98 Å². The Morgan fingerprint density at radius 3 is 2.59 bits per heavy atom. The molecular formula is C19H17NO2. The minimum Gasteiger partial charge on any atom is -0.461 e. The van der Waals surface area contributed by atoms with Crippen LogP contribution in [0.3, 0.4) is 0 Å². The molecule has 3 rings (SSSR count). The van der Waals surface area contributed by atoms with Gasteiger partial charge < -0.3 is 4.74 Å². The Bertz CT molecular complexity index is 763. The zero-order valence-corrected chi connectivity index (χ0v) is 12.2. The molecule has 0 aliphatic rings. The van der Waals surface area contributed by atoms with Gasteiger partial charge in [0.15, 0.2) is 0 Å². The third kappa shape index (κ3) is 3.50. The van der Waals surface area contributed by atoms with Gasteiger partial charge in [0.2, 0.25) is 0 Å². The molecule has 0 unspecified atom stereocenters. The largest absolute Gasteiger partial charge is 0.461 e. The zero-order valence-electron chi connectivity index (χ0n) is 12.2. The van der Waals surface area contributed by atoms with Gasteiger partial charge in [0, 0.05) is 23.7 Å². The first-order chi connectivity index (χ1) is 10.8. The van der Waals surface area contributed by atoms with Crippen LogP contribution >= 0.6 is 0 Å². The second-order valence-corrected chi connectivity index (χ2v) is 5.13. The van der Waals surface area contributed by atoms with E-state index in [0.29, 0.717) is 19.4 Å². The van der Waals surface area contributed by atoms with Crippen LogP contribution in [0.25, 0.3) is 10.8 Å². The molecule has 3 aromatic rings. The van der Waals surface area contributed by atoms with E-state index >= 15 is 0 Å². The number of ether oxygens (including phenoxy) is 1. The first-order valence-electron chi connectivity index (χ1n) is 7.35. The fraction of sp³-hybridized carbons (Fsp3) is 0.158. The highest BCUT2D eigenvalue weighted by molar-refractivity contribution is 5.84. The van der Waals surface area contributed by atoms with Crippen molar-refractivity contribution < 1.29 is 9.53 Å². The molecule has 0 spiro atoms. The smallest absolute Gasteiger partial charge is 0.306 e. The number of hydrogen-bond donors (Lipinski definition) is 0. The van der Waals surface area contributed by atoms with Crippen LogP contribution in [0.4, 0.5) is 0 Å². The lowest BCUT2D eigenvalue weighted by atomic mass is 10.1. The molecule has 0 fully saturated rings. The summed E-state index contributed by atoms with van der Waals surface area (Å²) in [6, 6.07) is 19.7. The number of carbonyl (C=O) groups excluding carboxylic acids is 1. The number of rotatable bonds is 5. The van der Waals surface area contributed by atoms with Gasteiger partial charge in [-0.05, 0) is 17.0 Å². The Balaban J connectivity index is 1.58. The van der Waals surface area contributed by atoms with Gasteiger partial charge in [-0.1, -0.05) is 54.6 Å². The summed E-state index contributed by atoms with van der Waals surface area (Å²) in [5, 5.41) is 2.24. The van der Waals surface area contributed by atoms with Gasteiger partial charge in [0.25, 0.3) is 0 Å². The van der Waals surface area contributed by atoms with E-state index in [4.69, 9.17) is 4.74 Å². The molecule has 0 saturated carbocycles. The van der Waals surface area contributed by atoms with Crippen molar-refractivity contribution in [2.75, 3.05) is 0 Å². The molecule has 22 heavy (non-hydrogen) atoms. The van der Waals surface area contributed by atoms with Gasteiger partial charge in [0.05, 0.1) is 6.42 Å². The molecular weight excluding hydrogens is 274 g/mol. The van der Waals surface area contributed by atoms with Gasteiger partial charge >= 0.3 is 5.97 Å². The van der Waals surface area contributed by atoms with E-state index in [9.17, 15) is 4.79 Å². The maximum Gasteiger partial charge on any atom is 0.306 e. The summed E-state index contributed by atoms with van der Waals surface area (Å²) in [5.74, 6) is -0.196. The Morgan fingerprint density at radius 1 is 0.955 bits per heavy atom. The number of carbonyl (C=O) groups is 1. The van der Waals surface area contributed by atoms with Crippen LogP contribution in [-0.4, -0.2) is 11.0 Å². The fourth-order valence-corrected chi connectivity index (χ4v) is 2.41. The normalized spacial score (nSPS) is 10.5. The molecule has 0 bridgehead atoms. The average molecular weight is 291 g/mol. The van der Waals surface area contributed by atoms with E-state index in [1.54, 1.807) is 6.20 Å². The van der Waals surface area contributed by atoms with Crippen LogP contribution in [0.1, 0.15) is 17.7 Å². The average Bonchev–Trinajstić information content (AvgIpc) is 2.59. The standard InChI is InChI=1S/C19H17NO2/c21-19(22-14-15-6-2-1-3-7-15)11-10-18-17-9-5-4-8-16(17)12-13-20-18/h1-9,12-13H,10-11,14H2. The summed E-state index contributed by atoms with van der Waals surface area (Å²) in [5.41, 5.74) is 1.94. The quantitative estimate of drug-likeness (QED) is 0.669. The molecule has 1 heterocycles. The van der Waals surface area contributed by atoms with Crippen LogP contribution in [0.15, 0.2) is 66.9 Å². The molecule has 0 radical (unpaired) electrons. The number of aryl methyl sites for hydroxylation is 1. The first-order valence-corrected chi connectivity index (χ1v) is 7.35. The summed E-state index contributed by atoms with van der Waals surface area (Å²) in [6.45, 7) is 0.322. The molecule has 110 valence electrons. The summed E-state index contributed by atoms with van der Waals surface area (Å²) >= 11 is 0. The van der Waals surface area contributed by atoms with Crippen molar-refractivity contribution in [3.8, 4) is 0 Å². The van der Waals surface area contributed by atoms with E-state index < -0.39 is 0 Å². The molecule has 0 N–H and O–H groups in total. The van der Waals surface area contributed by atoms with Crippen molar-refractivity contribution in [1.29, 1.82) is 0 Å². The van der Waals surface area contributed by atoms with Crippen molar-refractivity contribution in [2.24, 2.45) is 0 Å². The Hall–Kier alpha value is -2.68. The highest BCUT2D eigenvalue weighted by atomic mass is 16.5. The lowest BCUT2D eigenvalue weighted by molar-refractivity contribution is -0.144. The zero-order chi connectivity index (χ0) is 15.2. The first kappa shape index (κ1) is 14.3. The number of pyridine rings is 1. The topological polar surface area (TPSA) is 39.2 Å². The Labute approximate surface area is 129 Å². The lowest BCUT2D eigenvalue weighted by Gasteiger charge is -2.06. The predicted molar refractivity (Wildman–Crippen MR) is 86.3 cm³/mol. The molecule has 1 aromatic heterocycles. The fourth-order valence-electron chi connectivity index (χ4n) is 2.41. The Morgan fingerprint density at radius 2 is 1.73 bits per heavy atom. The molecule has 0 aliphatic heterocycles. The molecule has 0 aliphatic carbocycles. The highest BCUT2D eigenvalue weighted by Crippen LogP contribution is 2.17. The molecule has 3 heteroatoms. The van der Waals surface area contributed by atoms with Crippen LogP contribution in [0, 0.1) is 0 Å². The molecule has 0 amide bonds. The number of benzene rings is 2. The van der Waals surface area contributed by atoms with Crippen molar-refractivity contribution in [3.63, 3.8) is 0 Å². The lowest BCUT2D eigenvalue weighted by Crippen LogP contribution is -2.06. The minimum absolute atomic E-state index is 0.196. The van der Waals surface area contributed by atoms with Crippen molar-refractivity contribution in [2.45, 2.75) is 19.4 Å². The molecule has 2 aromatic carbocycles. The van der Waals surface area contributed by atoms with E-state index in [0.717, 1.165) is 22.0 Å². The number of nitrogens with zero attached hydrogens (tertiary/aromatic N) is 1. The van der Waals surface area contributed by atoms with Gasteiger partial charge in [-0.25, -0.2) is 0 Å². The van der Waals surface area contributed by atoms with Gasteiger partial charge in [-0.3, -0.25) is 9.78 Å². The second-order valence-electron chi connectivity index (χ2n) is 5.13. The van der Waals surface area contributed by atoms with Gasteiger partial charge in [-0.2, -0.15) is 0 Å². The minimum atomic E-state index is -0.196. The maximum absolute atomic E-state index is 11.9. The molecule has 0 atom stereocenters. The maximum atomic E-state index is 11.9. The third-order valence-electron chi connectivity index (χ3n) is 3.56. The van der Waals surface area contributed by atoms with E-state index in [1.807, 2.05) is 60.7 Å². The number of esters is 1. The number of fused-ring (bicyclic) bond motifs is 1. The third-order valence-corrected chi connectivity index (χ3v) is 3.56. The Kier molecular flexibility index (Phi) is 4.44. The second kappa shape index (κ2) is 6.85. The van der Waals surface area contributed by atoms with E-state index in [-0.39, 0.29) is 5.97 Å². The number of aromatic nitrogens is 1. The number of hydrogen-bond acceptors (Lipinski definition) is 3. The monoisotopic (exact) mass is 291 g/mol. The van der Waals surface area contributed by atoms with E-state index in [2.05, 4.69) is 4.98 Å². The van der Waals surface area contributed by atoms with Crippen LogP contribution in [-0.2, 0) is 22.6 Å². The van der Waals surface area contributed by atoms with Crippen molar-refractivity contribution in [3.05, 3.63) is 78.1 Å². The van der Waals surface area contributed by atoms with Crippen LogP contribution in [0.2, 0.25) is 0 Å². The van der Waals surface area contributed by atoms with Crippen LogP contribution in [0.5, 0.6) is 0 Å². The summed E-state index contributed by atoms with van der Waals surface area (Å²) in [7, 11) is 0. The predicted octanol–water partition coefficient (Wildman–Crippen LogP) is 3.91. The molecule has 3 nitrogen and oxygen atoms in total. The highest BCUT2D eigenvalue weighted by Gasteiger charge is 2.07. The SMILES string of the molecule is O=C(CCc1nccc2ccccc12)OCc1ccccc1. The van der Waals surface area contributed by atoms with Crippen molar-refractivity contribution >= 4 is 16.7 Å². The summed E-state index contributed by atoms with van der Waals surface area (Å²) < 4.78 is 5.30. The summed E-state index contributed by atoms with van der Waals surface area (Å²) in [6.07, 6.45) is 2.72. The van der Waals surface area contributed by atoms with E-state index in [1.165, 1.54) is 0 Å². The van der Waals surface area contributed by atoms with Gasteiger partial charge in [0.1, 0.15) is 6.61 Å². The van der Waals surface area contributed by atoms with Crippen LogP contribution < -0.4 is 0 Å². The summed E-state index contributed by atoms with van der Waals surface area (Å²) in [4.78, 5) is 16.3. The molecule has 0 saturated heterocycles. The van der Waals surface area contributed by atoms with Gasteiger partial charge in [-0.15, -0.1) is 0 Å².